The Bertz CT molecular complexity index is 1340. The molecule has 0 aliphatic rings. The van der Waals surface area contributed by atoms with Crippen molar-refractivity contribution in [1.29, 1.82) is 0 Å². The first-order valence-corrected chi connectivity index (χ1v) is 11.9. The van der Waals surface area contributed by atoms with Gasteiger partial charge in [-0.2, -0.15) is 0 Å². The van der Waals surface area contributed by atoms with Crippen LogP contribution in [0.3, 0.4) is 0 Å². The average Bonchev–Trinajstić information content (AvgIpc) is 3.51. The maximum absolute atomic E-state index is 13.1. The highest BCUT2D eigenvalue weighted by atomic mass is 32.2. The van der Waals surface area contributed by atoms with Crippen molar-refractivity contribution in [2.45, 2.75) is 44.6 Å². The van der Waals surface area contributed by atoms with E-state index in [9.17, 15) is 9.59 Å². The molecule has 1 aromatic carbocycles. The predicted octanol–water partition coefficient (Wildman–Crippen LogP) is 4.11. The van der Waals surface area contributed by atoms with Crippen LogP contribution in [0.4, 0.5) is 5.69 Å². The summed E-state index contributed by atoms with van der Waals surface area (Å²) in [6, 6.07) is 13.0. The van der Waals surface area contributed by atoms with Gasteiger partial charge >= 0.3 is 0 Å². The van der Waals surface area contributed by atoms with Crippen LogP contribution in [-0.4, -0.2) is 35.3 Å². The van der Waals surface area contributed by atoms with E-state index in [4.69, 9.17) is 4.42 Å². The molecule has 10 heteroatoms. The lowest BCUT2D eigenvalue weighted by atomic mass is 10.2. The van der Waals surface area contributed by atoms with E-state index in [2.05, 4.69) is 29.4 Å². The quantitative estimate of drug-likeness (QED) is 0.381. The third kappa shape index (κ3) is 4.58. The van der Waals surface area contributed by atoms with Crippen LogP contribution < -0.4 is 10.9 Å². The van der Waals surface area contributed by atoms with Gasteiger partial charge in [0.25, 0.3) is 5.56 Å². The van der Waals surface area contributed by atoms with Crippen LogP contribution in [0.15, 0.2) is 63.1 Å². The molecule has 178 valence electrons. The van der Waals surface area contributed by atoms with Gasteiger partial charge in [-0.15, -0.1) is 10.2 Å². The summed E-state index contributed by atoms with van der Waals surface area (Å²) >= 11 is 1.30. The number of carbonyl (C=O) groups is 1. The van der Waals surface area contributed by atoms with Gasteiger partial charge in [-0.05, 0) is 44.0 Å². The zero-order valence-electron chi connectivity index (χ0n) is 19.8. The number of rotatable bonds is 8. The van der Waals surface area contributed by atoms with Crippen molar-refractivity contribution in [3.63, 3.8) is 0 Å². The van der Waals surface area contributed by atoms with Gasteiger partial charge in [0, 0.05) is 13.6 Å². The number of nitrogens with one attached hydrogen (secondary N) is 1. The van der Waals surface area contributed by atoms with Gasteiger partial charge in [0.15, 0.2) is 16.7 Å². The molecule has 1 atom stereocenters. The Hall–Kier alpha value is -3.53. The topological polar surface area (TPSA) is 99.9 Å². The van der Waals surface area contributed by atoms with E-state index >= 15 is 0 Å². The molecule has 0 aliphatic carbocycles. The van der Waals surface area contributed by atoms with Crippen molar-refractivity contribution in [3.8, 4) is 17.3 Å². The van der Waals surface area contributed by atoms with Crippen molar-refractivity contribution >= 4 is 23.4 Å². The summed E-state index contributed by atoms with van der Waals surface area (Å²) in [5.41, 5.74) is 1.39. The van der Waals surface area contributed by atoms with Gasteiger partial charge in [-0.3, -0.25) is 18.8 Å². The van der Waals surface area contributed by atoms with Gasteiger partial charge < -0.3 is 9.73 Å². The number of aromatic nitrogens is 5. The standard InChI is InChI=1S/C24H28N6O3S/c1-15(2)14-29-21(19-12-9-13-33-19)26-27-24(29)34-17(4)22(31)25-20-16(3)28(5)30(23(20)32)18-10-7-6-8-11-18/h6-13,15,17H,14H2,1-5H3,(H,25,31). The van der Waals surface area contributed by atoms with Crippen LogP contribution >= 0.6 is 11.8 Å². The molecule has 0 aliphatic heterocycles. The van der Waals surface area contributed by atoms with E-state index in [-0.39, 0.29) is 17.2 Å². The van der Waals surface area contributed by atoms with Gasteiger partial charge in [0.05, 0.1) is 22.9 Å². The number of carbonyl (C=O) groups excluding carboxylic acids is 1. The molecule has 4 aromatic rings. The Kier molecular flexibility index (Phi) is 6.78. The maximum atomic E-state index is 13.1. The third-order valence-electron chi connectivity index (χ3n) is 5.46. The largest absolute Gasteiger partial charge is 0.461 e. The van der Waals surface area contributed by atoms with Gasteiger partial charge in [0.2, 0.25) is 5.91 Å². The lowest BCUT2D eigenvalue weighted by Gasteiger charge is -2.14. The summed E-state index contributed by atoms with van der Waals surface area (Å²) in [5, 5.41) is 11.6. The number of hydrogen-bond donors (Lipinski definition) is 1. The SMILES string of the molecule is Cc1c(NC(=O)C(C)Sc2nnc(-c3ccco3)n2CC(C)C)c(=O)n(-c2ccccc2)n1C. The lowest BCUT2D eigenvalue weighted by Crippen LogP contribution is -2.27. The molecule has 34 heavy (non-hydrogen) atoms. The summed E-state index contributed by atoms with van der Waals surface area (Å²) in [4.78, 5) is 26.2. The van der Waals surface area contributed by atoms with Crippen LogP contribution in [0, 0.1) is 12.8 Å². The number of benzene rings is 1. The molecule has 0 bridgehead atoms. The Morgan fingerprint density at radius 1 is 1.12 bits per heavy atom. The molecule has 0 radical (unpaired) electrons. The molecule has 1 N–H and O–H groups in total. The Balaban J connectivity index is 1.57. The van der Waals surface area contributed by atoms with Crippen molar-refractivity contribution < 1.29 is 9.21 Å². The normalized spacial score (nSPS) is 12.3. The minimum absolute atomic E-state index is 0.267. The fourth-order valence-electron chi connectivity index (χ4n) is 3.64. The second-order valence-corrected chi connectivity index (χ2v) is 9.78. The van der Waals surface area contributed by atoms with Crippen molar-refractivity contribution in [2.75, 3.05) is 5.32 Å². The summed E-state index contributed by atoms with van der Waals surface area (Å²) in [6.07, 6.45) is 1.59. The summed E-state index contributed by atoms with van der Waals surface area (Å²) < 4.78 is 10.8. The molecule has 1 amide bonds. The van der Waals surface area contributed by atoms with Crippen molar-refractivity contribution in [3.05, 3.63) is 64.8 Å². The van der Waals surface area contributed by atoms with E-state index in [0.717, 1.165) is 5.69 Å². The predicted molar refractivity (Wildman–Crippen MR) is 132 cm³/mol. The number of nitrogens with zero attached hydrogens (tertiary/aromatic N) is 5. The van der Waals surface area contributed by atoms with Gasteiger partial charge in [0.1, 0.15) is 5.69 Å². The van der Waals surface area contributed by atoms with Crippen LogP contribution in [0.2, 0.25) is 0 Å². The van der Waals surface area contributed by atoms with E-state index in [1.165, 1.54) is 16.4 Å². The van der Waals surface area contributed by atoms with Crippen LogP contribution in [0.25, 0.3) is 17.3 Å². The Morgan fingerprint density at radius 2 is 1.85 bits per heavy atom. The number of thioether (sulfide) groups is 1. The van der Waals surface area contributed by atoms with Gasteiger partial charge in [-0.1, -0.05) is 43.8 Å². The lowest BCUT2D eigenvalue weighted by molar-refractivity contribution is -0.115. The minimum atomic E-state index is -0.510. The zero-order chi connectivity index (χ0) is 24.4. The fourth-order valence-corrected chi connectivity index (χ4v) is 4.50. The summed E-state index contributed by atoms with van der Waals surface area (Å²) in [6.45, 7) is 8.48. The molecular formula is C24H28N6O3S. The van der Waals surface area contributed by atoms with Crippen molar-refractivity contribution in [1.82, 2.24) is 24.1 Å². The monoisotopic (exact) mass is 480 g/mol. The molecule has 4 rings (SSSR count). The number of hydrogen-bond acceptors (Lipinski definition) is 6. The molecule has 9 nitrogen and oxygen atoms in total. The minimum Gasteiger partial charge on any atom is -0.461 e. The van der Waals surface area contributed by atoms with Crippen LogP contribution in [-0.2, 0) is 18.4 Å². The van der Waals surface area contributed by atoms with E-state index in [1.54, 1.807) is 31.0 Å². The number of para-hydroxylation sites is 1. The first-order chi connectivity index (χ1) is 16.3. The van der Waals surface area contributed by atoms with Crippen LogP contribution in [0.1, 0.15) is 26.5 Å². The van der Waals surface area contributed by atoms with Crippen molar-refractivity contribution in [2.24, 2.45) is 13.0 Å². The molecule has 0 saturated heterocycles. The number of furan rings is 1. The van der Waals surface area contributed by atoms with Crippen LogP contribution in [0.5, 0.6) is 0 Å². The highest BCUT2D eigenvalue weighted by molar-refractivity contribution is 8.00. The van der Waals surface area contributed by atoms with E-state index in [1.807, 2.05) is 47.9 Å². The molecule has 3 heterocycles. The maximum Gasteiger partial charge on any atom is 0.295 e. The first-order valence-electron chi connectivity index (χ1n) is 11.1. The highest BCUT2D eigenvalue weighted by Crippen LogP contribution is 2.28. The zero-order valence-corrected chi connectivity index (χ0v) is 20.7. The second-order valence-electron chi connectivity index (χ2n) is 8.47. The molecule has 1 unspecified atom stereocenters. The molecule has 3 aromatic heterocycles. The number of amides is 1. The summed E-state index contributed by atoms with van der Waals surface area (Å²) in [7, 11) is 1.79. The van der Waals surface area contributed by atoms with Gasteiger partial charge in [-0.25, -0.2) is 4.68 Å². The first kappa shape index (κ1) is 23.6. The Labute approximate surface area is 201 Å². The molecule has 0 saturated carbocycles. The second kappa shape index (κ2) is 9.76. The third-order valence-corrected chi connectivity index (χ3v) is 6.54. The highest BCUT2D eigenvalue weighted by Gasteiger charge is 2.25. The van der Waals surface area contributed by atoms with E-state index < -0.39 is 5.25 Å². The smallest absolute Gasteiger partial charge is 0.295 e. The summed E-state index contributed by atoms with van der Waals surface area (Å²) in [5.74, 6) is 1.31. The molecular weight excluding hydrogens is 452 g/mol. The average molecular weight is 481 g/mol. The molecule has 0 spiro atoms. The van der Waals surface area contributed by atoms with E-state index in [0.29, 0.717) is 34.9 Å². The Morgan fingerprint density at radius 3 is 2.50 bits per heavy atom. The fraction of sp³-hybridized carbons (Fsp3) is 0.333. The molecule has 0 fully saturated rings. The number of anilines is 1.